The first kappa shape index (κ1) is 26.0. The van der Waals surface area contributed by atoms with Gasteiger partial charge in [0.15, 0.2) is 5.43 Å². The Labute approximate surface area is 213 Å². The van der Waals surface area contributed by atoms with Crippen LogP contribution in [0, 0.1) is 13.8 Å². The van der Waals surface area contributed by atoms with Crippen molar-refractivity contribution in [3.63, 3.8) is 0 Å². The highest BCUT2D eigenvalue weighted by molar-refractivity contribution is 5.99. The Morgan fingerprint density at radius 3 is 2.58 bits per heavy atom. The summed E-state index contributed by atoms with van der Waals surface area (Å²) in [6.07, 6.45) is 4.01. The zero-order valence-corrected chi connectivity index (χ0v) is 22.1. The Kier molecular flexibility index (Phi) is 8.14. The maximum absolute atomic E-state index is 13.9. The molecule has 0 bridgehead atoms. The van der Waals surface area contributed by atoms with Crippen LogP contribution in [0.5, 0.6) is 5.75 Å². The first-order valence-corrected chi connectivity index (χ1v) is 13.0. The lowest BCUT2D eigenvalue weighted by Gasteiger charge is -2.25. The van der Waals surface area contributed by atoms with Crippen molar-refractivity contribution in [3.8, 4) is 5.75 Å². The van der Waals surface area contributed by atoms with Gasteiger partial charge in [-0.15, -0.1) is 0 Å². The van der Waals surface area contributed by atoms with E-state index >= 15 is 0 Å². The number of fused-ring (bicyclic) bond motifs is 2. The number of hydrogen-bond acceptors (Lipinski definition) is 5. The minimum atomic E-state index is -0.535. The maximum Gasteiger partial charge on any atom is 0.290 e. The summed E-state index contributed by atoms with van der Waals surface area (Å²) in [5.74, 6) is 0.623. The van der Waals surface area contributed by atoms with Crippen LogP contribution < -0.4 is 10.2 Å². The average molecular weight is 492 g/mol. The third-order valence-corrected chi connectivity index (χ3v) is 6.60. The van der Waals surface area contributed by atoms with Crippen LogP contribution in [0.15, 0.2) is 45.6 Å². The third-order valence-electron chi connectivity index (χ3n) is 6.60. The molecule has 0 saturated carbocycles. The van der Waals surface area contributed by atoms with Crippen LogP contribution >= 0.6 is 0 Å². The van der Waals surface area contributed by atoms with Crippen molar-refractivity contribution in [2.75, 3.05) is 19.8 Å². The van der Waals surface area contributed by atoms with E-state index in [1.807, 2.05) is 64.1 Å². The highest BCUT2D eigenvalue weighted by Crippen LogP contribution is 2.39. The van der Waals surface area contributed by atoms with Crippen LogP contribution in [0.3, 0.4) is 0 Å². The molecule has 3 aromatic rings. The molecule has 1 unspecified atom stereocenters. The summed E-state index contributed by atoms with van der Waals surface area (Å²) >= 11 is 0. The van der Waals surface area contributed by atoms with Gasteiger partial charge in [0.25, 0.3) is 5.91 Å². The number of unbranched alkanes of at least 4 members (excludes halogenated alkanes) is 2. The Bertz CT molecular complexity index is 1290. The van der Waals surface area contributed by atoms with Crippen molar-refractivity contribution in [2.24, 2.45) is 0 Å². The number of nitrogens with zero attached hydrogens (tertiary/aromatic N) is 1. The van der Waals surface area contributed by atoms with Gasteiger partial charge >= 0.3 is 0 Å². The van der Waals surface area contributed by atoms with Crippen molar-refractivity contribution in [1.82, 2.24) is 4.90 Å². The SMILES string of the molecule is CCCCCOc1cccc(C2c3c(oc4cc(C)cc(C)c4c3=O)C(=O)N2CCCOC(C)C)c1. The average Bonchev–Trinajstić information content (AvgIpc) is 3.11. The number of carbonyl (C=O) groups is 1. The molecule has 1 aliphatic rings. The fourth-order valence-electron chi connectivity index (χ4n) is 4.96. The van der Waals surface area contributed by atoms with Gasteiger partial charge in [-0.3, -0.25) is 9.59 Å². The Balaban J connectivity index is 1.76. The fourth-order valence-corrected chi connectivity index (χ4v) is 4.96. The summed E-state index contributed by atoms with van der Waals surface area (Å²) in [7, 11) is 0. The number of carbonyl (C=O) groups excluding carboxylic acids is 1. The van der Waals surface area contributed by atoms with E-state index in [2.05, 4.69) is 6.92 Å². The fraction of sp³-hybridized carbons (Fsp3) is 0.467. The maximum atomic E-state index is 13.9. The van der Waals surface area contributed by atoms with Gasteiger partial charge in [-0.25, -0.2) is 0 Å². The molecule has 1 atom stereocenters. The molecular weight excluding hydrogens is 454 g/mol. The van der Waals surface area contributed by atoms with Gasteiger partial charge in [0.1, 0.15) is 11.3 Å². The molecule has 2 heterocycles. The van der Waals surface area contributed by atoms with Gasteiger partial charge in [-0.05, 0) is 75.4 Å². The quantitative estimate of drug-likeness (QED) is 0.293. The summed E-state index contributed by atoms with van der Waals surface area (Å²) in [6.45, 7) is 11.6. The molecule has 0 aliphatic carbocycles. The normalized spacial score (nSPS) is 15.2. The molecule has 6 heteroatoms. The summed E-state index contributed by atoms with van der Waals surface area (Å²) in [5.41, 5.74) is 3.41. The Hall–Kier alpha value is -3.12. The molecule has 0 N–H and O–H groups in total. The van der Waals surface area contributed by atoms with Gasteiger partial charge in [0.2, 0.25) is 5.76 Å². The van der Waals surface area contributed by atoms with E-state index in [1.165, 1.54) is 0 Å². The van der Waals surface area contributed by atoms with Crippen LogP contribution in [0.2, 0.25) is 0 Å². The molecule has 0 radical (unpaired) electrons. The van der Waals surface area contributed by atoms with E-state index in [9.17, 15) is 9.59 Å². The second-order valence-electron chi connectivity index (χ2n) is 9.93. The number of aryl methyl sites for hydroxylation is 2. The van der Waals surface area contributed by atoms with E-state index in [-0.39, 0.29) is 23.2 Å². The van der Waals surface area contributed by atoms with E-state index in [1.54, 1.807) is 4.90 Å². The Morgan fingerprint density at radius 2 is 1.83 bits per heavy atom. The van der Waals surface area contributed by atoms with Gasteiger partial charge in [0.05, 0.1) is 29.7 Å². The highest BCUT2D eigenvalue weighted by Gasteiger charge is 2.42. The van der Waals surface area contributed by atoms with Gasteiger partial charge in [0, 0.05) is 13.2 Å². The Morgan fingerprint density at radius 1 is 1.03 bits per heavy atom. The molecule has 4 rings (SSSR count). The number of benzene rings is 2. The van der Waals surface area contributed by atoms with Crippen LogP contribution in [-0.2, 0) is 4.74 Å². The second kappa shape index (κ2) is 11.3. The van der Waals surface area contributed by atoms with Gasteiger partial charge in [-0.1, -0.05) is 38.0 Å². The second-order valence-corrected chi connectivity index (χ2v) is 9.93. The molecule has 192 valence electrons. The van der Waals surface area contributed by atoms with E-state index < -0.39 is 6.04 Å². The molecule has 1 aliphatic heterocycles. The van der Waals surface area contributed by atoms with Crippen molar-refractivity contribution < 1.29 is 18.7 Å². The molecule has 36 heavy (non-hydrogen) atoms. The molecule has 6 nitrogen and oxygen atoms in total. The monoisotopic (exact) mass is 491 g/mol. The third kappa shape index (κ3) is 5.34. The van der Waals surface area contributed by atoms with Crippen molar-refractivity contribution in [1.29, 1.82) is 0 Å². The van der Waals surface area contributed by atoms with Crippen LogP contribution in [-0.4, -0.2) is 36.7 Å². The highest BCUT2D eigenvalue weighted by atomic mass is 16.5. The largest absolute Gasteiger partial charge is 0.494 e. The molecular formula is C30H37NO5. The lowest BCUT2D eigenvalue weighted by atomic mass is 9.96. The zero-order chi connectivity index (χ0) is 25.8. The van der Waals surface area contributed by atoms with Crippen LogP contribution in [0.25, 0.3) is 11.0 Å². The van der Waals surface area contributed by atoms with Gasteiger partial charge in [-0.2, -0.15) is 0 Å². The van der Waals surface area contributed by atoms with Crippen LogP contribution in [0.1, 0.15) is 85.3 Å². The number of rotatable bonds is 11. The van der Waals surface area contributed by atoms with Crippen molar-refractivity contribution in [2.45, 2.75) is 72.4 Å². The smallest absolute Gasteiger partial charge is 0.290 e. The van der Waals surface area contributed by atoms with Crippen LogP contribution in [0.4, 0.5) is 0 Å². The topological polar surface area (TPSA) is 69.0 Å². The minimum absolute atomic E-state index is 0.119. The molecule has 2 aromatic carbocycles. The van der Waals surface area contributed by atoms with E-state index in [0.29, 0.717) is 42.7 Å². The van der Waals surface area contributed by atoms with E-state index in [0.717, 1.165) is 41.7 Å². The summed E-state index contributed by atoms with van der Waals surface area (Å²) in [5, 5.41) is 0.536. The molecule has 1 amide bonds. The molecule has 1 aromatic heterocycles. The van der Waals surface area contributed by atoms with Crippen molar-refractivity contribution >= 4 is 16.9 Å². The predicted molar refractivity (Wildman–Crippen MR) is 142 cm³/mol. The summed E-state index contributed by atoms with van der Waals surface area (Å²) in [6, 6.07) is 11.0. The molecule has 0 saturated heterocycles. The standard InChI is InChI=1S/C30H37NO5/c1-6-7-8-14-35-23-12-9-11-22(18-23)27-26-28(32)25-21(5)16-20(4)17-24(25)36-29(26)30(33)31(27)13-10-15-34-19(2)3/h9,11-12,16-19,27H,6-8,10,13-15H2,1-5H3. The lowest BCUT2D eigenvalue weighted by Crippen LogP contribution is -2.31. The summed E-state index contributed by atoms with van der Waals surface area (Å²) < 4.78 is 17.9. The number of amides is 1. The van der Waals surface area contributed by atoms with Gasteiger partial charge < -0.3 is 18.8 Å². The minimum Gasteiger partial charge on any atom is -0.494 e. The number of ether oxygens (including phenoxy) is 2. The predicted octanol–water partition coefficient (Wildman–Crippen LogP) is 6.34. The number of hydrogen-bond donors (Lipinski definition) is 0. The summed E-state index contributed by atoms with van der Waals surface area (Å²) in [4.78, 5) is 29.3. The molecule has 0 spiro atoms. The van der Waals surface area contributed by atoms with Crippen molar-refractivity contribution in [3.05, 3.63) is 74.6 Å². The first-order valence-electron chi connectivity index (χ1n) is 13.0. The van der Waals surface area contributed by atoms with E-state index in [4.69, 9.17) is 13.9 Å². The zero-order valence-electron chi connectivity index (χ0n) is 22.1. The molecule has 0 fully saturated rings. The first-order chi connectivity index (χ1) is 17.3. The lowest BCUT2D eigenvalue weighted by molar-refractivity contribution is 0.0593.